The van der Waals surface area contributed by atoms with Crippen LogP contribution in [0.4, 0.5) is 0 Å². The fraction of sp³-hybridized carbons (Fsp3) is 0.355. The fourth-order valence-electron chi connectivity index (χ4n) is 5.57. The maximum absolute atomic E-state index is 11.5. The number of carboxylic acids is 2. The number of nitrogens with zero attached hydrogens (tertiary/aromatic N) is 4. The molecule has 0 amide bonds. The molecule has 5 aliphatic heterocycles. The molecule has 5 aliphatic rings. The van der Waals surface area contributed by atoms with Crippen molar-refractivity contribution < 1.29 is 19.8 Å². The third kappa shape index (κ3) is 5.11. The van der Waals surface area contributed by atoms with Crippen LogP contribution in [-0.2, 0) is 9.59 Å². The van der Waals surface area contributed by atoms with Crippen LogP contribution in [0.5, 0.6) is 0 Å². The van der Waals surface area contributed by atoms with E-state index >= 15 is 0 Å². The Kier molecular flexibility index (Phi) is 6.66. The molecular formula is C31H32N4O4. The highest BCUT2D eigenvalue weighted by Crippen LogP contribution is 2.46. The summed E-state index contributed by atoms with van der Waals surface area (Å²) in [5.74, 6) is -1.89. The second kappa shape index (κ2) is 9.84. The van der Waals surface area contributed by atoms with Crippen molar-refractivity contribution in [2.75, 3.05) is 0 Å². The van der Waals surface area contributed by atoms with E-state index in [1.807, 2.05) is 57.2 Å². The Bertz CT molecular complexity index is 1550. The minimum Gasteiger partial charge on any atom is -0.481 e. The second-order valence-electron chi connectivity index (χ2n) is 11.1. The van der Waals surface area contributed by atoms with Gasteiger partial charge in [-0.1, -0.05) is 13.8 Å². The molecule has 0 radical (unpaired) electrons. The summed E-state index contributed by atoms with van der Waals surface area (Å²) >= 11 is 0. The minimum atomic E-state index is -0.875. The monoisotopic (exact) mass is 524 g/mol. The predicted molar refractivity (Wildman–Crippen MR) is 153 cm³/mol. The highest BCUT2D eigenvalue weighted by molar-refractivity contribution is 6.17. The summed E-state index contributed by atoms with van der Waals surface area (Å²) in [6.07, 6.45) is 12.6. The molecule has 8 nitrogen and oxygen atoms in total. The molecule has 5 heterocycles. The summed E-state index contributed by atoms with van der Waals surface area (Å²) in [5, 5.41) is 18.9. The number of aliphatic carboxylic acids is 2. The van der Waals surface area contributed by atoms with E-state index in [-0.39, 0.29) is 18.8 Å². The van der Waals surface area contributed by atoms with Gasteiger partial charge < -0.3 is 10.2 Å². The standard InChI is InChI=1S/C31H32N4O4/c1-16-10-20-13-25-18(3)21(6-8-29(36)37)26(34-25)14-27-22(7-9-30(38)39)31(4,5)28(35-27)15-24-17(2)11-19(33-24)12-23(16)32-20/h10-15,22H,6-9H2,1-5H3,(H,36,37)(H,38,39)/t22-/m1/s1. The number of fused-ring (bicyclic) bond motifs is 4. The van der Waals surface area contributed by atoms with Crippen molar-refractivity contribution in [2.45, 2.75) is 60.3 Å². The van der Waals surface area contributed by atoms with Crippen LogP contribution in [0, 0.1) is 11.3 Å². The first-order valence-corrected chi connectivity index (χ1v) is 13.2. The number of hydrogen-bond acceptors (Lipinski definition) is 6. The van der Waals surface area contributed by atoms with Gasteiger partial charge in [-0.3, -0.25) is 14.6 Å². The normalized spacial score (nSPS) is 23.2. The van der Waals surface area contributed by atoms with Crippen molar-refractivity contribution in [3.05, 3.63) is 81.5 Å². The summed E-state index contributed by atoms with van der Waals surface area (Å²) in [6, 6.07) is 0. The van der Waals surface area contributed by atoms with Gasteiger partial charge in [-0.25, -0.2) is 15.0 Å². The molecule has 200 valence electrons. The Morgan fingerprint density at radius 1 is 0.769 bits per heavy atom. The van der Waals surface area contributed by atoms with Crippen LogP contribution in [0.15, 0.2) is 102 Å². The van der Waals surface area contributed by atoms with Gasteiger partial charge in [0.2, 0.25) is 0 Å². The predicted octanol–water partition coefficient (Wildman–Crippen LogP) is 5.94. The van der Waals surface area contributed by atoms with E-state index in [2.05, 4.69) is 13.8 Å². The molecule has 39 heavy (non-hydrogen) atoms. The molecule has 0 aromatic rings. The molecule has 1 atom stereocenters. The third-order valence-electron chi connectivity index (χ3n) is 7.92. The van der Waals surface area contributed by atoms with Crippen LogP contribution in [0.1, 0.15) is 60.3 Å². The third-order valence-corrected chi connectivity index (χ3v) is 7.92. The van der Waals surface area contributed by atoms with Crippen LogP contribution < -0.4 is 0 Å². The smallest absolute Gasteiger partial charge is 0.303 e. The Hall–Kier alpha value is -4.20. The first-order chi connectivity index (χ1) is 18.4. The van der Waals surface area contributed by atoms with Gasteiger partial charge in [0.25, 0.3) is 0 Å². The minimum absolute atomic E-state index is 0.0173. The van der Waals surface area contributed by atoms with E-state index in [9.17, 15) is 19.8 Å². The molecule has 0 spiro atoms. The molecule has 8 heteroatoms. The fourth-order valence-corrected chi connectivity index (χ4v) is 5.57. The lowest BCUT2D eigenvalue weighted by atomic mass is 9.73. The van der Waals surface area contributed by atoms with Crippen LogP contribution in [0.25, 0.3) is 0 Å². The highest BCUT2D eigenvalue weighted by atomic mass is 16.4. The zero-order valence-corrected chi connectivity index (χ0v) is 22.9. The molecule has 0 unspecified atom stereocenters. The highest BCUT2D eigenvalue weighted by Gasteiger charge is 2.42. The first-order valence-electron chi connectivity index (χ1n) is 13.2. The van der Waals surface area contributed by atoms with Crippen molar-refractivity contribution in [2.24, 2.45) is 31.3 Å². The lowest BCUT2D eigenvalue weighted by Crippen LogP contribution is -2.26. The van der Waals surface area contributed by atoms with Crippen molar-refractivity contribution in [1.82, 2.24) is 0 Å². The van der Waals surface area contributed by atoms with Gasteiger partial charge in [-0.05, 0) is 92.4 Å². The molecule has 5 rings (SSSR count). The van der Waals surface area contributed by atoms with Gasteiger partial charge in [-0.15, -0.1) is 0 Å². The van der Waals surface area contributed by atoms with E-state index in [0.717, 1.165) is 62.2 Å². The number of hydrogen-bond donors (Lipinski definition) is 2. The van der Waals surface area contributed by atoms with Crippen molar-refractivity contribution >= 4 is 34.8 Å². The van der Waals surface area contributed by atoms with Gasteiger partial charge in [-0.2, -0.15) is 0 Å². The second-order valence-corrected chi connectivity index (χ2v) is 11.1. The van der Waals surface area contributed by atoms with Crippen molar-refractivity contribution in [3.63, 3.8) is 0 Å². The largest absolute Gasteiger partial charge is 0.481 e. The van der Waals surface area contributed by atoms with E-state index in [1.165, 1.54) is 0 Å². The van der Waals surface area contributed by atoms with Crippen LogP contribution in [-0.4, -0.2) is 45.0 Å². The lowest BCUT2D eigenvalue weighted by Gasteiger charge is -2.28. The molecular weight excluding hydrogens is 492 g/mol. The SMILES string of the molecule is CC1=CC2=CC3=NC(=CC4=NC(=CC5=NC(=CC1=N2)C=C5C)C(C)(C)[C@@H]4CCC(=O)O)C(CCC(=O)O)=C3C. The topological polar surface area (TPSA) is 124 Å². The van der Waals surface area contributed by atoms with Gasteiger partial charge in [0.15, 0.2) is 0 Å². The average Bonchev–Trinajstić information content (AvgIpc) is 3.51. The molecule has 0 saturated carbocycles. The number of carbonyl (C=O) groups is 2. The molecule has 0 fully saturated rings. The Morgan fingerprint density at radius 2 is 1.36 bits per heavy atom. The van der Waals surface area contributed by atoms with Crippen LogP contribution in [0.3, 0.4) is 0 Å². The van der Waals surface area contributed by atoms with Crippen molar-refractivity contribution in [3.8, 4) is 0 Å². The van der Waals surface area contributed by atoms with E-state index in [4.69, 9.17) is 20.0 Å². The molecule has 8 bridgehead atoms. The van der Waals surface area contributed by atoms with Gasteiger partial charge in [0.05, 0.1) is 34.2 Å². The molecule has 0 aromatic carbocycles. The molecule has 0 aromatic heterocycles. The molecule has 0 aliphatic carbocycles. The van der Waals surface area contributed by atoms with E-state index in [0.29, 0.717) is 18.5 Å². The number of aliphatic imine (C=N–C) groups is 4. The van der Waals surface area contributed by atoms with E-state index in [1.54, 1.807) is 0 Å². The lowest BCUT2D eigenvalue weighted by molar-refractivity contribution is -0.138. The van der Waals surface area contributed by atoms with Crippen LogP contribution >= 0.6 is 0 Å². The maximum atomic E-state index is 11.5. The molecule has 2 N–H and O–H groups in total. The zero-order valence-electron chi connectivity index (χ0n) is 22.9. The first kappa shape index (κ1) is 26.4. The maximum Gasteiger partial charge on any atom is 0.303 e. The number of rotatable bonds is 6. The van der Waals surface area contributed by atoms with Gasteiger partial charge >= 0.3 is 11.9 Å². The van der Waals surface area contributed by atoms with Crippen LogP contribution in [0.2, 0.25) is 0 Å². The number of allylic oxidation sites excluding steroid dienone is 11. The Balaban J connectivity index is 1.71. The summed E-state index contributed by atoms with van der Waals surface area (Å²) in [6.45, 7) is 10.2. The van der Waals surface area contributed by atoms with Gasteiger partial charge in [0.1, 0.15) is 0 Å². The summed E-state index contributed by atoms with van der Waals surface area (Å²) < 4.78 is 0. The van der Waals surface area contributed by atoms with Gasteiger partial charge in [0, 0.05) is 35.6 Å². The number of carboxylic acid groups (broad SMARTS) is 2. The molecule has 0 saturated heterocycles. The Labute approximate surface area is 227 Å². The zero-order chi connectivity index (χ0) is 28.1. The van der Waals surface area contributed by atoms with E-state index < -0.39 is 17.4 Å². The summed E-state index contributed by atoms with van der Waals surface area (Å²) in [4.78, 5) is 42.6. The quantitative estimate of drug-likeness (QED) is 0.446. The Morgan fingerprint density at radius 3 is 1.97 bits per heavy atom. The average molecular weight is 525 g/mol. The summed E-state index contributed by atoms with van der Waals surface area (Å²) in [5.41, 5.74) is 9.60. The van der Waals surface area contributed by atoms with Crippen molar-refractivity contribution in [1.29, 1.82) is 0 Å². The summed E-state index contributed by atoms with van der Waals surface area (Å²) in [7, 11) is 0.